The molecule has 5 rings (SSSR count). The topological polar surface area (TPSA) is 69.7 Å². The molecule has 11 heteroatoms. The fourth-order valence-corrected chi connectivity index (χ4v) is 6.61. The molecule has 1 amide bonds. The van der Waals surface area contributed by atoms with E-state index in [1.54, 1.807) is 74.9 Å². The average Bonchev–Trinajstić information content (AvgIpc) is 3.14. The number of nitrogens with one attached hydrogen (secondary N) is 2. The summed E-state index contributed by atoms with van der Waals surface area (Å²) in [6, 6.07) is 17.6. The number of halogens is 4. The maximum atomic E-state index is 15.8. The Bertz CT molecular complexity index is 1710. The highest BCUT2D eigenvalue weighted by Crippen LogP contribution is 2.41. The molecule has 2 aromatic carbocycles. The number of piperidine rings is 1. The number of ether oxygens (including phenoxy) is 1. The first-order valence-corrected chi connectivity index (χ1v) is 18.1. The summed E-state index contributed by atoms with van der Waals surface area (Å²) in [4.78, 5) is 20.2. The number of likely N-dealkylation sites (N-methyl/N-ethyl adjacent to an activating group) is 1. The van der Waals surface area contributed by atoms with Crippen LogP contribution in [0.3, 0.4) is 0 Å². The van der Waals surface area contributed by atoms with E-state index in [-0.39, 0.29) is 23.3 Å². The van der Waals surface area contributed by atoms with Gasteiger partial charge in [0.05, 0.1) is 6.42 Å². The Morgan fingerprint density at radius 1 is 1.00 bits per heavy atom. The van der Waals surface area contributed by atoms with Gasteiger partial charge < -0.3 is 25.2 Å². The molecule has 7 nitrogen and oxygen atoms in total. The highest BCUT2D eigenvalue weighted by atomic mass is 19.4. The van der Waals surface area contributed by atoms with Gasteiger partial charge in [-0.1, -0.05) is 49.4 Å². The predicted octanol–water partition coefficient (Wildman–Crippen LogP) is 8.85. The lowest BCUT2D eigenvalue weighted by Gasteiger charge is -2.33. The summed E-state index contributed by atoms with van der Waals surface area (Å²) in [5, 5.41) is 6.80. The van der Waals surface area contributed by atoms with Crippen LogP contribution in [-0.4, -0.2) is 74.6 Å². The molecule has 3 heterocycles. The molecular formula is C41H49F4N5O2. The van der Waals surface area contributed by atoms with E-state index in [2.05, 4.69) is 15.5 Å². The van der Waals surface area contributed by atoms with Crippen LogP contribution in [0.5, 0.6) is 0 Å². The number of carbonyl (C=O) groups excluding carboxylic acids is 1. The van der Waals surface area contributed by atoms with Crippen molar-refractivity contribution in [3.8, 4) is 0 Å². The molecular weight excluding hydrogens is 670 g/mol. The van der Waals surface area contributed by atoms with Gasteiger partial charge in [-0.3, -0.25) is 4.79 Å². The predicted molar refractivity (Wildman–Crippen MR) is 201 cm³/mol. The first kappa shape index (κ1) is 38.7. The molecule has 278 valence electrons. The third-order valence-electron chi connectivity index (χ3n) is 9.33. The summed E-state index contributed by atoms with van der Waals surface area (Å²) in [6.07, 6.45) is 5.46. The van der Waals surface area contributed by atoms with Gasteiger partial charge in [-0.25, -0.2) is 9.37 Å². The molecule has 1 atom stereocenters. The van der Waals surface area contributed by atoms with Crippen LogP contribution >= 0.6 is 0 Å². The van der Waals surface area contributed by atoms with Crippen molar-refractivity contribution in [2.75, 3.05) is 50.6 Å². The number of pyridine rings is 1. The monoisotopic (exact) mass is 719 g/mol. The van der Waals surface area contributed by atoms with Crippen molar-refractivity contribution in [3.05, 3.63) is 107 Å². The number of rotatable bonds is 13. The van der Waals surface area contributed by atoms with E-state index in [1.807, 2.05) is 25.1 Å². The van der Waals surface area contributed by atoms with Crippen LogP contribution in [0.2, 0.25) is 0 Å². The molecule has 0 radical (unpaired) electrons. The van der Waals surface area contributed by atoms with E-state index >= 15 is 4.39 Å². The second-order valence-electron chi connectivity index (χ2n) is 13.4. The normalized spacial score (nSPS) is 18.0. The summed E-state index contributed by atoms with van der Waals surface area (Å²) in [6.45, 7) is 4.55. The smallest absolute Gasteiger partial charge is 0.360 e. The SMILES string of the molecule is CC/C=C(\F)c1cc(/C(=C(\CC(F)(F)F)c2ccccc2)c2ccc(N3CCC(NC/C=C/C(=O)N(C)C)CC3)nc2)ccc1NC1CCCCO1. The molecule has 1 aromatic heterocycles. The number of hydrogen-bond acceptors (Lipinski definition) is 6. The maximum absolute atomic E-state index is 15.8. The van der Waals surface area contributed by atoms with Crippen LogP contribution in [0.25, 0.3) is 17.0 Å². The number of amides is 1. The van der Waals surface area contributed by atoms with Gasteiger partial charge in [-0.2, -0.15) is 13.2 Å². The standard InChI is InChI=1S/C41H49F4N5O2/c1-4-11-35(42)33-26-30(16-18-36(33)48-38-14-8-9-25-52-38)40(34(27-41(43,44)45)29-12-6-5-7-13-29)31-17-19-37(47-28-31)50-23-20-32(21-24-50)46-22-10-15-39(51)49(2)3/h5-7,10-13,15-19,26,28,32,38,46,48H,4,8-9,14,20-25,27H2,1-3H3/b15-10+,35-11-,40-34-. The van der Waals surface area contributed by atoms with E-state index in [1.165, 1.54) is 11.0 Å². The van der Waals surface area contributed by atoms with Crippen molar-refractivity contribution < 1.29 is 27.1 Å². The zero-order chi connectivity index (χ0) is 37.1. The Morgan fingerprint density at radius 3 is 2.38 bits per heavy atom. The Hall–Kier alpha value is -4.48. The van der Waals surface area contributed by atoms with Crippen LogP contribution in [0.4, 0.5) is 29.1 Å². The molecule has 52 heavy (non-hydrogen) atoms. The summed E-state index contributed by atoms with van der Waals surface area (Å²) < 4.78 is 64.7. The Kier molecular flexibility index (Phi) is 13.7. The molecule has 2 saturated heterocycles. The number of allylic oxidation sites excluding steroid dienone is 2. The van der Waals surface area contributed by atoms with E-state index < -0.39 is 18.4 Å². The van der Waals surface area contributed by atoms with Crippen molar-refractivity contribution in [1.82, 2.24) is 15.2 Å². The second-order valence-corrected chi connectivity index (χ2v) is 13.4. The van der Waals surface area contributed by atoms with Gasteiger partial charge in [-0.15, -0.1) is 0 Å². The molecule has 0 bridgehead atoms. The van der Waals surface area contributed by atoms with Crippen molar-refractivity contribution in [1.29, 1.82) is 0 Å². The van der Waals surface area contributed by atoms with Gasteiger partial charge in [0.1, 0.15) is 17.9 Å². The number of nitrogens with zero attached hydrogens (tertiary/aromatic N) is 3. The molecule has 1 unspecified atom stereocenters. The first-order valence-electron chi connectivity index (χ1n) is 18.1. The molecule has 0 aliphatic carbocycles. The lowest BCUT2D eigenvalue weighted by Crippen LogP contribution is -2.42. The summed E-state index contributed by atoms with van der Waals surface area (Å²) in [7, 11) is 3.43. The molecule has 2 fully saturated rings. The third kappa shape index (κ3) is 10.8. The van der Waals surface area contributed by atoms with Crippen LogP contribution in [-0.2, 0) is 9.53 Å². The molecule has 2 aliphatic heterocycles. The lowest BCUT2D eigenvalue weighted by atomic mass is 9.87. The average molecular weight is 720 g/mol. The minimum absolute atomic E-state index is 0.0573. The molecule has 2 aliphatic rings. The molecule has 0 spiro atoms. The molecule has 0 saturated carbocycles. The summed E-state index contributed by atoms with van der Waals surface area (Å²) >= 11 is 0. The molecule has 3 aromatic rings. The highest BCUT2D eigenvalue weighted by molar-refractivity contribution is 5.99. The zero-order valence-corrected chi connectivity index (χ0v) is 30.2. The van der Waals surface area contributed by atoms with Crippen LogP contribution in [0.15, 0.2) is 85.1 Å². The van der Waals surface area contributed by atoms with Crippen LogP contribution < -0.4 is 15.5 Å². The minimum Gasteiger partial charge on any atom is -0.360 e. The number of aromatic nitrogens is 1. The number of anilines is 2. The van der Waals surface area contributed by atoms with Gasteiger partial charge in [0.25, 0.3) is 0 Å². The Morgan fingerprint density at radius 2 is 1.75 bits per heavy atom. The van der Waals surface area contributed by atoms with Gasteiger partial charge in [0.2, 0.25) is 5.91 Å². The van der Waals surface area contributed by atoms with Crippen LogP contribution in [0, 0.1) is 0 Å². The van der Waals surface area contributed by atoms with Crippen molar-refractivity contribution >= 4 is 34.4 Å². The van der Waals surface area contributed by atoms with Crippen molar-refractivity contribution in [2.24, 2.45) is 0 Å². The van der Waals surface area contributed by atoms with Crippen molar-refractivity contribution in [3.63, 3.8) is 0 Å². The number of alkyl halides is 3. The Labute approximate surface area is 304 Å². The highest BCUT2D eigenvalue weighted by Gasteiger charge is 2.32. The third-order valence-corrected chi connectivity index (χ3v) is 9.33. The minimum atomic E-state index is -4.50. The van der Waals surface area contributed by atoms with E-state index in [0.29, 0.717) is 53.6 Å². The van der Waals surface area contributed by atoms with Gasteiger partial charge in [0, 0.05) is 75.5 Å². The zero-order valence-electron chi connectivity index (χ0n) is 30.2. The maximum Gasteiger partial charge on any atom is 0.393 e. The summed E-state index contributed by atoms with van der Waals surface area (Å²) in [5.41, 5.74) is 2.61. The van der Waals surface area contributed by atoms with E-state index in [0.717, 1.165) is 51.0 Å². The number of carbonyl (C=O) groups is 1. The quantitative estimate of drug-likeness (QED) is 0.105. The van der Waals surface area contributed by atoms with Gasteiger partial charge in [-0.05, 0) is 91.1 Å². The largest absolute Gasteiger partial charge is 0.393 e. The van der Waals surface area contributed by atoms with Gasteiger partial charge >= 0.3 is 6.18 Å². The van der Waals surface area contributed by atoms with E-state index in [4.69, 9.17) is 9.72 Å². The molecule has 2 N–H and O–H groups in total. The fourth-order valence-electron chi connectivity index (χ4n) is 6.61. The number of hydrogen-bond donors (Lipinski definition) is 2. The van der Waals surface area contributed by atoms with Crippen LogP contribution in [0.1, 0.15) is 74.1 Å². The van der Waals surface area contributed by atoms with Crippen molar-refractivity contribution in [2.45, 2.75) is 70.3 Å². The Balaban J connectivity index is 1.47. The van der Waals surface area contributed by atoms with Gasteiger partial charge in [0.15, 0.2) is 0 Å². The first-order chi connectivity index (χ1) is 25.0. The summed E-state index contributed by atoms with van der Waals surface area (Å²) in [5.74, 6) is 0.224. The number of benzene rings is 2. The second kappa shape index (κ2) is 18.3. The van der Waals surface area contributed by atoms with E-state index in [9.17, 15) is 18.0 Å². The lowest BCUT2D eigenvalue weighted by molar-refractivity contribution is -0.124. The fraction of sp³-hybridized carbons (Fsp3) is 0.415.